The van der Waals surface area contributed by atoms with E-state index in [9.17, 15) is 0 Å². The summed E-state index contributed by atoms with van der Waals surface area (Å²) in [7, 11) is 0. The lowest BCUT2D eigenvalue weighted by atomic mass is 9.89. The molecule has 1 saturated heterocycles. The molecule has 1 aromatic rings. The van der Waals surface area contributed by atoms with E-state index in [1.165, 1.54) is 5.01 Å². The van der Waals surface area contributed by atoms with Crippen LogP contribution in [0.2, 0.25) is 0 Å². The van der Waals surface area contributed by atoms with Crippen molar-refractivity contribution in [3.63, 3.8) is 0 Å². The third-order valence-corrected chi connectivity index (χ3v) is 4.98. The number of ether oxygens (including phenoxy) is 1. The number of morpholine rings is 1. The van der Waals surface area contributed by atoms with Gasteiger partial charge in [0, 0.05) is 42.7 Å². The summed E-state index contributed by atoms with van der Waals surface area (Å²) in [6.45, 7) is 11.7. The van der Waals surface area contributed by atoms with Crippen LogP contribution >= 0.6 is 11.3 Å². The Kier molecular flexibility index (Phi) is 5.96. The molecule has 2 heterocycles. The molecular weight excluding hydrogens is 270 g/mol. The first kappa shape index (κ1) is 15.9. The van der Waals surface area contributed by atoms with Gasteiger partial charge in [-0.15, -0.1) is 11.3 Å². The molecule has 2 rings (SSSR count). The molecule has 1 N–H and O–H groups in total. The van der Waals surface area contributed by atoms with Crippen LogP contribution < -0.4 is 5.32 Å². The van der Waals surface area contributed by atoms with Crippen LogP contribution in [0.1, 0.15) is 32.2 Å². The van der Waals surface area contributed by atoms with Gasteiger partial charge in [-0.25, -0.2) is 4.98 Å². The molecule has 0 aliphatic carbocycles. The van der Waals surface area contributed by atoms with Crippen LogP contribution in [-0.2, 0) is 11.2 Å². The molecule has 0 aromatic carbocycles. The van der Waals surface area contributed by atoms with Gasteiger partial charge >= 0.3 is 0 Å². The Morgan fingerprint density at radius 1 is 1.45 bits per heavy atom. The van der Waals surface area contributed by atoms with Crippen molar-refractivity contribution in [1.82, 2.24) is 15.2 Å². The molecule has 1 atom stereocenters. The highest BCUT2D eigenvalue weighted by Crippen LogP contribution is 2.24. The van der Waals surface area contributed by atoms with E-state index in [1.807, 2.05) is 6.20 Å². The summed E-state index contributed by atoms with van der Waals surface area (Å²) in [5.74, 6) is 0. The average Bonchev–Trinajstić information content (AvgIpc) is 2.97. The molecule has 4 nitrogen and oxygen atoms in total. The second-order valence-electron chi connectivity index (χ2n) is 5.89. The van der Waals surface area contributed by atoms with E-state index in [-0.39, 0.29) is 5.54 Å². The second kappa shape index (κ2) is 7.50. The first-order chi connectivity index (χ1) is 9.64. The molecule has 0 radical (unpaired) electrons. The first-order valence-corrected chi connectivity index (χ1v) is 8.47. The molecule has 114 valence electrons. The molecule has 20 heavy (non-hydrogen) atoms. The maximum Gasteiger partial charge on any atom is 0.0941 e. The minimum absolute atomic E-state index is 0.116. The largest absolute Gasteiger partial charge is 0.379 e. The van der Waals surface area contributed by atoms with Crippen LogP contribution in [0.4, 0.5) is 0 Å². The molecule has 0 amide bonds. The number of rotatable bonds is 7. The molecule has 1 fully saturated rings. The van der Waals surface area contributed by atoms with E-state index < -0.39 is 0 Å². The van der Waals surface area contributed by atoms with E-state index in [2.05, 4.69) is 41.4 Å². The summed E-state index contributed by atoms with van der Waals surface area (Å²) in [5.41, 5.74) is 0.116. The fraction of sp³-hybridized carbons (Fsp3) is 0.800. The smallest absolute Gasteiger partial charge is 0.0941 e. The predicted octanol–water partition coefficient (Wildman–Crippen LogP) is 2.16. The Hall–Kier alpha value is -0.490. The van der Waals surface area contributed by atoms with Crippen LogP contribution in [0.25, 0.3) is 0 Å². The van der Waals surface area contributed by atoms with Gasteiger partial charge in [-0.05, 0) is 26.8 Å². The van der Waals surface area contributed by atoms with Gasteiger partial charge in [0.05, 0.1) is 18.2 Å². The van der Waals surface area contributed by atoms with Crippen LogP contribution in [0.3, 0.4) is 0 Å². The number of nitrogens with zero attached hydrogens (tertiary/aromatic N) is 2. The Labute approximate surface area is 126 Å². The molecule has 0 spiro atoms. The van der Waals surface area contributed by atoms with E-state index in [0.717, 1.165) is 45.7 Å². The number of hydrogen-bond acceptors (Lipinski definition) is 5. The van der Waals surface area contributed by atoms with Gasteiger partial charge < -0.3 is 10.1 Å². The fourth-order valence-electron chi connectivity index (χ4n) is 2.78. The zero-order valence-corrected chi connectivity index (χ0v) is 13.7. The minimum Gasteiger partial charge on any atom is -0.379 e. The van der Waals surface area contributed by atoms with Gasteiger partial charge in [-0.2, -0.15) is 0 Å². The van der Waals surface area contributed by atoms with Crippen molar-refractivity contribution in [3.8, 4) is 0 Å². The molecule has 1 aliphatic heterocycles. The zero-order chi connectivity index (χ0) is 14.4. The van der Waals surface area contributed by atoms with E-state index >= 15 is 0 Å². The van der Waals surface area contributed by atoms with Gasteiger partial charge in [-0.1, -0.05) is 6.92 Å². The second-order valence-corrected chi connectivity index (χ2v) is 6.87. The normalized spacial score (nSPS) is 19.1. The standard InChI is InChI=1S/C15H27N3OS/c1-4-5-16-13(12-14-17-6-11-20-14)15(2,3)18-7-9-19-10-8-18/h6,11,13,16H,4-5,7-10,12H2,1-3H3. The molecule has 0 bridgehead atoms. The molecule has 0 saturated carbocycles. The fourth-order valence-corrected chi connectivity index (χ4v) is 3.44. The maximum atomic E-state index is 5.49. The van der Waals surface area contributed by atoms with Gasteiger partial charge in [0.2, 0.25) is 0 Å². The monoisotopic (exact) mass is 297 g/mol. The number of nitrogens with one attached hydrogen (secondary N) is 1. The van der Waals surface area contributed by atoms with E-state index in [4.69, 9.17) is 4.74 Å². The van der Waals surface area contributed by atoms with Gasteiger partial charge in [0.15, 0.2) is 0 Å². The molecule has 1 aromatic heterocycles. The highest BCUT2D eigenvalue weighted by Gasteiger charge is 2.36. The molecule has 1 aliphatic rings. The van der Waals surface area contributed by atoms with Crippen molar-refractivity contribution in [2.24, 2.45) is 0 Å². The SMILES string of the molecule is CCCNC(Cc1nccs1)C(C)(C)N1CCOCC1. The summed E-state index contributed by atoms with van der Waals surface area (Å²) in [4.78, 5) is 7.01. The lowest BCUT2D eigenvalue weighted by Crippen LogP contribution is -2.61. The van der Waals surface area contributed by atoms with Crippen LogP contribution in [0.15, 0.2) is 11.6 Å². The number of aromatic nitrogens is 1. The highest BCUT2D eigenvalue weighted by molar-refractivity contribution is 7.09. The Morgan fingerprint density at radius 3 is 2.80 bits per heavy atom. The summed E-state index contributed by atoms with van der Waals surface area (Å²) in [6.07, 6.45) is 4.06. The highest BCUT2D eigenvalue weighted by atomic mass is 32.1. The van der Waals surface area contributed by atoms with Crippen molar-refractivity contribution in [2.45, 2.75) is 45.2 Å². The summed E-state index contributed by atoms with van der Waals surface area (Å²) < 4.78 is 5.49. The first-order valence-electron chi connectivity index (χ1n) is 7.59. The zero-order valence-electron chi connectivity index (χ0n) is 12.9. The van der Waals surface area contributed by atoms with Gasteiger partial charge in [0.1, 0.15) is 0 Å². The summed E-state index contributed by atoms with van der Waals surface area (Å²) >= 11 is 1.75. The number of hydrogen-bond donors (Lipinski definition) is 1. The van der Waals surface area contributed by atoms with Gasteiger partial charge in [0.25, 0.3) is 0 Å². The summed E-state index contributed by atoms with van der Waals surface area (Å²) in [6, 6.07) is 0.423. The predicted molar refractivity (Wildman–Crippen MR) is 84.4 cm³/mol. The molecule has 5 heteroatoms. The van der Waals surface area contributed by atoms with Crippen LogP contribution in [0, 0.1) is 0 Å². The quantitative estimate of drug-likeness (QED) is 0.837. The number of thiazole rings is 1. The minimum atomic E-state index is 0.116. The Balaban J connectivity index is 2.06. The van der Waals surface area contributed by atoms with Crippen LogP contribution in [-0.4, -0.2) is 54.3 Å². The third kappa shape index (κ3) is 4.01. The lowest BCUT2D eigenvalue weighted by Gasteiger charge is -2.46. The molecule has 1 unspecified atom stereocenters. The van der Waals surface area contributed by atoms with Crippen molar-refractivity contribution < 1.29 is 4.74 Å². The van der Waals surface area contributed by atoms with Crippen molar-refractivity contribution in [3.05, 3.63) is 16.6 Å². The average molecular weight is 297 g/mol. The maximum absolute atomic E-state index is 5.49. The Morgan fingerprint density at radius 2 is 2.20 bits per heavy atom. The molecular formula is C15H27N3OS. The Bertz CT molecular complexity index is 374. The summed E-state index contributed by atoms with van der Waals surface area (Å²) in [5, 5.41) is 7.02. The van der Waals surface area contributed by atoms with Gasteiger partial charge in [-0.3, -0.25) is 4.90 Å². The topological polar surface area (TPSA) is 37.4 Å². The third-order valence-electron chi connectivity index (χ3n) is 4.18. The van der Waals surface area contributed by atoms with E-state index in [0.29, 0.717) is 6.04 Å². The van der Waals surface area contributed by atoms with Crippen LogP contribution in [0.5, 0.6) is 0 Å². The van der Waals surface area contributed by atoms with Crippen molar-refractivity contribution in [1.29, 1.82) is 0 Å². The van der Waals surface area contributed by atoms with Crippen molar-refractivity contribution >= 4 is 11.3 Å². The lowest BCUT2D eigenvalue weighted by molar-refractivity contribution is -0.0232. The van der Waals surface area contributed by atoms with E-state index in [1.54, 1.807) is 11.3 Å². The van der Waals surface area contributed by atoms with Crippen molar-refractivity contribution in [2.75, 3.05) is 32.8 Å².